The fraction of sp³-hybridized carbons (Fsp3) is 0.714. The molecule has 1 N–H and O–H groups in total. The van der Waals surface area contributed by atoms with E-state index in [1.165, 1.54) is 0 Å². The Labute approximate surface area is 174 Å². The van der Waals surface area contributed by atoms with Crippen molar-refractivity contribution in [1.29, 1.82) is 0 Å². The molecule has 2 fully saturated rings. The van der Waals surface area contributed by atoms with E-state index in [4.69, 9.17) is 9.47 Å². The summed E-state index contributed by atoms with van der Waals surface area (Å²) in [6, 6.07) is 1.60. The summed E-state index contributed by atoms with van der Waals surface area (Å²) in [7, 11) is 1.68. The quantitative estimate of drug-likeness (QED) is 0.800. The maximum Gasteiger partial charge on any atom is 0.417 e. The zero-order chi connectivity index (χ0) is 21.3. The topological polar surface area (TPSA) is 63.7 Å². The summed E-state index contributed by atoms with van der Waals surface area (Å²) in [5, 5.41) is 3.64. The van der Waals surface area contributed by atoms with Crippen LogP contribution in [0.4, 0.5) is 13.2 Å². The Morgan fingerprint density at radius 3 is 2.93 bits per heavy atom. The predicted molar refractivity (Wildman–Crippen MR) is 103 cm³/mol. The summed E-state index contributed by atoms with van der Waals surface area (Å²) >= 11 is 0. The van der Waals surface area contributed by atoms with E-state index in [9.17, 15) is 18.0 Å². The number of methoxy groups -OCH3 is 1. The number of carbonyl (C=O) groups is 1. The van der Waals surface area contributed by atoms with E-state index < -0.39 is 11.7 Å². The second-order valence-electron chi connectivity index (χ2n) is 8.46. The van der Waals surface area contributed by atoms with E-state index in [1.807, 2.05) is 0 Å². The van der Waals surface area contributed by atoms with Crippen molar-refractivity contribution in [3.63, 3.8) is 0 Å². The number of rotatable bonds is 4. The summed E-state index contributed by atoms with van der Waals surface area (Å²) < 4.78 is 50.0. The van der Waals surface area contributed by atoms with Crippen molar-refractivity contribution in [2.24, 2.45) is 5.92 Å². The lowest BCUT2D eigenvalue weighted by Crippen LogP contribution is -2.50. The fourth-order valence-electron chi connectivity index (χ4n) is 4.82. The minimum absolute atomic E-state index is 0.0161. The van der Waals surface area contributed by atoms with Crippen LogP contribution in [0.1, 0.15) is 42.5 Å². The molecule has 1 aromatic heterocycles. The highest BCUT2D eigenvalue weighted by Crippen LogP contribution is 2.33. The third-order valence-corrected chi connectivity index (χ3v) is 6.52. The average molecular weight is 427 g/mol. The van der Waals surface area contributed by atoms with Crippen molar-refractivity contribution in [2.45, 2.75) is 63.0 Å². The van der Waals surface area contributed by atoms with Gasteiger partial charge < -0.3 is 19.7 Å². The predicted octanol–water partition coefficient (Wildman–Crippen LogP) is 2.55. The van der Waals surface area contributed by atoms with Crippen molar-refractivity contribution in [2.75, 3.05) is 26.9 Å². The molecule has 2 unspecified atom stereocenters. The van der Waals surface area contributed by atoms with Crippen LogP contribution >= 0.6 is 0 Å². The summed E-state index contributed by atoms with van der Waals surface area (Å²) in [5.41, 5.74) is 0.398. The Hall–Kier alpha value is -1.71. The molecule has 2 aliphatic heterocycles. The van der Waals surface area contributed by atoms with Crippen molar-refractivity contribution in [3.05, 3.63) is 29.1 Å². The normalized spacial score (nSPS) is 29.7. The Bertz CT molecular complexity index is 774. The second kappa shape index (κ2) is 8.80. The number of pyridine rings is 1. The molecular formula is C21H28F3N3O3. The van der Waals surface area contributed by atoms with E-state index in [0.29, 0.717) is 37.4 Å². The molecule has 0 bridgehead atoms. The van der Waals surface area contributed by atoms with Crippen LogP contribution in [0.2, 0.25) is 0 Å². The first-order chi connectivity index (χ1) is 14.3. The monoisotopic (exact) mass is 427 g/mol. The van der Waals surface area contributed by atoms with Gasteiger partial charge in [0.1, 0.15) is 0 Å². The third-order valence-electron chi connectivity index (χ3n) is 6.52. The number of nitrogens with zero attached hydrogens (tertiary/aromatic N) is 2. The van der Waals surface area contributed by atoms with Gasteiger partial charge in [-0.1, -0.05) is 0 Å². The van der Waals surface area contributed by atoms with Crippen LogP contribution in [0.5, 0.6) is 0 Å². The number of carbonyl (C=O) groups excluding carboxylic acids is 1. The van der Waals surface area contributed by atoms with Crippen LogP contribution in [-0.4, -0.2) is 60.8 Å². The van der Waals surface area contributed by atoms with E-state index in [-0.39, 0.29) is 36.6 Å². The van der Waals surface area contributed by atoms with Crippen LogP contribution in [-0.2, 0) is 33.4 Å². The van der Waals surface area contributed by atoms with E-state index in [2.05, 4.69) is 10.3 Å². The Balaban J connectivity index is 1.35. The molecule has 1 aliphatic carbocycles. The number of nitrogens with one attached hydrogen (secondary N) is 1. The van der Waals surface area contributed by atoms with Gasteiger partial charge in [0, 0.05) is 63.1 Å². The lowest BCUT2D eigenvalue weighted by molar-refractivity contribution is -0.137. The highest BCUT2D eigenvalue weighted by Gasteiger charge is 2.37. The molecule has 3 aliphatic rings. The summed E-state index contributed by atoms with van der Waals surface area (Å²) in [5.74, 6) is -0.0544. The number of halogens is 3. The lowest BCUT2D eigenvalue weighted by Gasteiger charge is -2.33. The Morgan fingerprint density at radius 2 is 2.17 bits per heavy atom. The summed E-state index contributed by atoms with van der Waals surface area (Å²) in [6.07, 6.45) is 0.293. The first-order valence-corrected chi connectivity index (χ1v) is 10.6. The Morgan fingerprint density at radius 1 is 1.33 bits per heavy atom. The molecule has 30 heavy (non-hydrogen) atoms. The number of hydrogen-bond acceptors (Lipinski definition) is 5. The molecule has 4 rings (SSSR count). The van der Waals surface area contributed by atoms with Crippen LogP contribution in [0.3, 0.4) is 0 Å². The number of amides is 1. The van der Waals surface area contributed by atoms with Gasteiger partial charge in [-0.3, -0.25) is 9.78 Å². The van der Waals surface area contributed by atoms with Crippen molar-refractivity contribution in [3.8, 4) is 0 Å². The zero-order valence-electron chi connectivity index (χ0n) is 17.1. The third kappa shape index (κ3) is 4.63. The second-order valence-corrected chi connectivity index (χ2v) is 8.46. The van der Waals surface area contributed by atoms with Gasteiger partial charge in [-0.25, -0.2) is 0 Å². The maximum atomic E-state index is 13.1. The molecule has 1 aromatic rings. The van der Waals surface area contributed by atoms with Crippen molar-refractivity contribution in [1.82, 2.24) is 15.2 Å². The van der Waals surface area contributed by atoms with Gasteiger partial charge in [0.15, 0.2) is 0 Å². The standard InChI is InChI=1S/C21H28F3N3O3/c1-29-19-12-30-7-5-18(19)26-16-3-2-13(9-16)20(28)27-6-4-17-14(11-27)8-15(10-25-17)21(22,23)24/h8,10,13,16,18-19,26H,2-7,9,11-12H2,1H3/t13-,16?,18-,19?/m0/s1. The molecule has 0 aromatic carbocycles. The molecule has 166 valence electrons. The van der Waals surface area contributed by atoms with E-state index >= 15 is 0 Å². The average Bonchev–Trinajstić information content (AvgIpc) is 3.20. The zero-order valence-corrected chi connectivity index (χ0v) is 17.1. The largest absolute Gasteiger partial charge is 0.417 e. The first kappa shape index (κ1) is 21.5. The maximum absolute atomic E-state index is 13.1. The smallest absolute Gasteiger partial charge is 0.379 e. The fourth-order valence-corrected chi connectivity index (χ4v) is 4.82. The number of hydrogen-bond donors (Lipinski definition) is 1. The van der Waals surface area contributed by atoms with Gasteiger partial charge in [-0.2, -0.15) is 13.2 Å². The molecular weight excluding hydrogens is 399 g/mol. The number of ether oxygens (including phenoxy) is 2. The van der Waals surface area contributed by atoms with Crippen molar-refractivity contribution < 1.29 is 27.4 Å². The molecule has 0 spiro atoms. The lowest BCUT2D eigenvalue weighted by atomic mass is 10.00. The molecule has 3 heterocycles. The van der Waals surface area contributed by atoms with Crippen LogP contribution in [0, 0.1) is 5.92 Å². The van der Waals surface area contributed by atoms with Gasteiger partial charge in [0.05, 0.1) is 18.3 Å². The van der Waals surface area contributed by atoms with E-state index in [0.717, 1.165) is 37.9 Å². The van der Waals surface area contributed by atoms with Crippen molar-refractivity contribution >= 4 is 5.91 Å². The highest BCUT2D eigenvalue weighted by molar-refractivity contribution is 5.79. The van der Waals surface area contributed by atoms with Crippen LogP contribution in [0.25, 0.3) is 0 Å². The number of fused-ring (bicyclic) bond motifs is 1. The van der Waals surface area contributed by atoms with Gasteiger partial charge >= 0.3 is 6.18 Å². The van der Waals surface area contributed by atoms with Gasteiger partial charge in [-0.15, -0.1) is 0 Å². The Kier molecular flexibility index (Phi) is 6.31. The molecule has 1 saturated heterocycles. The minimum atomic E-state index is -4.43. The van der Waals surface area contributed by atoms with Gasteiger partial charge in [-0.05, 0) is 37.3 Å². The van der Waals surface area contributed by atoms with Crippen LogP contribution in [0.15, 0.2) is 12.3 Å². The molecule has 0 radical (unpaired) electrons. The molecule has 1 saturated carbocycles. The van der Waals surface area contributed by atoms with Gasteiger partial charge in [0.25, 0.3) is 0 Å². The van der Waals surface area contributed by atoms with Gasteiger partial charge in [0.2, 0.25) is 5.91 Å². The summed E-state index contributed by atoms with van der Waals surface area (Å²) in [4.78, 5) is 18.7. The molecule has 6 nitrogen and oxygen atoms in total. The first-order valence-electron chi connectivity index (χ1n) is 10.6. The molecule has 9 heteroatoms. The van der Waals surface area contributed by atoms with E-state index in [1.54, 1.807) is 12.0 Å². The number of aromatic nitrogens is 1. The summed E-state index contributed by atoms with van der Waals surface area (Å²) in [6.45, 7) is 1.98. The highest BCUT2D eigenvalue weighted by atomic mass is 19.4. The SMILES string of the molecule is COC1COCC[C@@H]1NC1CC[C@H](C(=O)N2CCc3ncc(C(F)(F)F)cc3C2)C1. The minimum Gasteiger partial charge on any atom is -0.379 e. The van der Waals surface area contributed by atoms with Crippen LogP contribution < -0.4 is 5.32 Å². The number of alkyl halides is 3. The molecule has 4 atom stereocenters. The molecule has 1 amide bonds.